The molecule has 0 aromatic heterocycles. The Morgan fingerprint density at radius 3 is 2.42 bits per heavy atom. The van der Waals surface area contributed by atoms with Gasteiger partial charge in [0.1, 0.15) is 0 Å². The Hall–Kier alpha value is -0.570. The van der Waals surface area contributed by atoms with Crippen LogP contribution in [0.5, 0.6) is 0 Å². The molecule has 1 atom stereocenters. The predicted molar refractivity (Wildman–Crippen MR) is 79.1 cm³/mol. The van der Waals surface area contributed by atoms with E-state index in [1.54, 1.807) is 0 Å². The van der Waals surface area contributed by atoms with Crippen molar-refractivity contribution in [2.75, 3.05) is 20.1 Å². The van der Waals surface area contributed by atoms with E-state index in [4.69, 9.17) is 0 Å². The first-order chi connectivity index (χ1) is 9.08. The molecule has 0 radical (unpaired) electrons. The van der Waals surface area contributed by atoms with Crippen molar-refractivity contribution in [3.8, 4) is 0 Å². The van der Waals surface area contributed by atoms with Crippen LogP contribution < -0.4 is 0 Å². The number of likely N-dealkylation sites (tertiary alicyclic amines) is 1. The smallest absolute Gasteiger partial charge is 0.236 e. The Morgan fingerprint density at radius 2 is 1.79 bits per heavy atom. The van der Waals surface area contributed by atoms with E-state index in [0.29, 0.717) is 24.5 Å². The molecule has 1 unspecified atom stereocenters. The highest BCUT2D eigenvalue weighted by Crippen LogP contribution is 2.26. The molecular weight excluding hydrogens is 236 g/mol. The Bertz CT molecular complexity index is 297. The van der Waals surface area contributed by atoms with E-state index in [-0.39, 0.29) is 0 Å². The molecule has 0 N–H and O–H groups in total. The highest BCUT2D eigenvalue weighted by atomic mass is 16.2. The van der Waals surface area contributed by atoms with E-state index in [9.17, 15) is 4.79 Å². The molecule has 2 rings (SSSR count). The summed E-state index contributed by atoms with van der Waals surface area (Å²) in [5.41, 5.74) is 0. The maximum Gasteiger partial charge on any atom is 0.236 e. The highest BCUT2D eigenvalue weighted by Gasteiger charge is 2.27. The SMILES string of the molecule is CC1CCC(N(C)CC(=O)N2CCCCC2C)CC1. The number of amides is 1. The normalized spacial score (nSPS) is 32.6. The van der Waals surface area contributed by atoms with Gasteiger partial charge in [0.25, 0.3) is 0 Å². The third kappa shape index (κ3) is 3.95. The van der Waals surface area contributed by atoms with Crippen molar-refractivity contribution in [1.82, 2.24) is 9.80 Å². The average molecular weight is 266 g/mol. The van der Waals surface area contributed by atoms with Gasteiger partial charge in [-0.1, -0.05) is 6.92 Å². The van der Waals surface area contributed by atoms with Crippen molar-refractivity contribution < 1.29 is 4.79 Å². The van der Waals surface area contributed by atoms with Gasteiger partial charge >= 0.3 is 0 Å². The van der Waals surface area contributed by atoms with E-state index in [2.05, 4.69) is 30.7 Å². The summed E-state index contributed by atoms with van der Waals surface area (Å²) in [4.78, 5) is 16.8. The Balaban J connectivity index is 1.80. The van der Waals surface area contributed by atoms with Crippen LogP contribution in [-0.2, 0) is 4.79 Å². The highest BCUT2D eigenvalue weighted by molar-refractivity contribution is 5.78. The maximum atomic E-state index is 12.4. The molecule has 0 aromatic rings. The third-order valence-electron chi connectivity index (χ3n) is 5.12. The zero-order valence-corrected chi connectivity index (χ0v) is 12.9. The van der Waals surface area contributed by atoms with Crippen LogP contribution in [-0.4, -0.2) is 47.9 Å². The molecule has 0 spiro atoms. The fourth-order valence-corrected chi connectivity index (χ4v) is 3.59. The summed E-state index contributed by atoms with van der Waals surface area (Å²) >= 11 is 0. The van der Waals surface area contributed by atoms with E-state index >= 15 is 0 Å². The Morgan fingerprint density at radius 1 is 1.11 bits per heavy atom. The van der Waals surface area contributed by atoms with Gasteiger partial charge in [0, 0.05) is 18.6 Å². The van der Waals surface area contributed by atoms with Gasteiger partial charge in [-0.2, -0.15) is 0 Å². The standard InChI is InChI=1S/C16H30N2O/c1-13-7-9-15(10-8-13)17(3)12-16(19)18-11-5-4-6-14(18)2/h13-15H,4-12H2,1-3H3. The second-order valence-corrected chi connectivity index (χ2v) is 6.76. The molecule has 1 amide bonds. The molecule has 1 heterocycles. The molecule has 0 aromatic carbocycles. The molecule has 1 aliphatic heterocycles. The summed E-state index contributed by atoms with van der Waals surface area (Å²) in [5.74, 6) is 1.22. The number of piperidine rings is 1. The van der Waals surface area contributed by atoms with Crippen molar-refractivity contribution in [2.45, 2.75) is 70.9 Å². The second-order valence-electron chi connectivity index (χ2n) is 6.76. The fraction of sp³-hybridized carbons (Fsp3) is 0.938. The van der Waals surface area contributed by atoms with Crippen LogP contribution in [0.15, 0.2) is 0 Å². The lowest BCUT2D eigenvalue weighted by Gasteiger charge is -2.37. The lowest BCUT2D eigenvalue weighted by molar-refractivity contribution is -0.136. The second kappa shape index (κ2) is 6.74. The molecule has 110 valence electrons. The topological polar surface area (TPSA) is 23.6 Å². The van der Waals surface area contributed by atoms with Crippen LogP contribution in [0.4, 0.5) is 0 Å². The zero-order valence-electron chi connectivity index (χ0n) is 12.9. The minimum Gasteiger partial charge on any atom is -0.339 e. The van der Waals surface area contributed by atoms with Gasteiger partial charge in [0.15, 0.2) is 0 Å². The first-order valence-electron chi connectivity index (χ1n) is 8.07. The van der Waals surface area contributed by atoms with Gasteiger partial charge in [0.05, 0.1) is 6.54 Å². The van der Waals surface area contributed by atoms with Gasteiger partial charge in [0.2, 0.25) is 5.91 Å². The van der Waals surface area contributed by atoms with Crippen molar-refractivity contribution in [1.29, 1.82) is 0 Å². The molecule has 1 saturated carbocycles. The van der Waals surface area contributed by atoms with Crippen LogP contribution in [0.3, 0.4) is 0 Å². The van der Waals surface area contributed by atoms with Gasteiger partial charge in [-0.05, 0) is 64.8 Å². The summed E-state index contributed by atoms with van der Waals surface area (Å²) in [7, 11) is 2.13. The number of nitrogens with zero attached hydrogens (tertiary/aromatic N) is 2. The molecule has 3 heteroatoms. The van der Waals surface area contributed by atoms with E-state index in [0.717, 1.165) is 12.5 Å². The van der Waals surface area contributed by atoms with E-state index in [1.165, 1.54) is 44.9 Å². The van der Waals surface area contributed by atoms with Crippen molar-refractivity contribution in [2.24, 2.45) is 5.92 Å². The van der Waals surface area contributed by atoms with Crippen molar-refractivity contribution in [3.05, 3.63) is 0 Å². The van der Waals surface area contributed by atoms with Crippen LogP contribution in [0, 0.1) is 5.92 Å². The van der Waals surface area contributed by atoms with Gasteiger partial charge < -0.3 is 4.90 Å². The van der Waals surface area contributed by atoms with E-state index < -0.39 is 0 Å². The molecule has 0 bridgehead atoms. The summed E-state index contributed by atoms with van der Waals surface area (Å²) in [6.45, 7) is 6.12. The van der Waals surface area contributed by atoms with Gasteiger partial charge in [-0.25, -0.2) is 0 Å². The first kappa shape index (κ1) is 14.8. The van der Waals surface area contributed by atoms with Crippen molar-refractivity contribution in [3.63, 3.8) is 0 Å². The largest absolute Gasteiger partial charge is 0.339 e. The fourth-order valence-electron chi connectivity index (χ4n) is 3.59. The summed E-state index contributed by atoms with van der Waals surface area (Å²) in [5, 5.41) is 0. The lowest BCUT2D eigenvalue weighted by atomic mass is 9.87. The molecule has 1 saturated heterocycles. The van der Waals surface area contributed by atoms with Gasteiger partial charge in [-0.15, -0.1) is 0 Å². The van der Waals surface area contributed by atoms with Crippen LogP contribution in [0.2, 0.25) is 0 Å². The predicted octanol–water partition coefficient (Wildman–Crippen LogP) is 2.90. The summed E-state index contributed by atoms with van der Waals surface area (Å²) < 4.78 is 0. The maximum absolute atomic E-state index is 12.4. The minimum atomic E-state index is 0.341. The molecule has 1 aliphatic carbocycles. The average Bonchev–Trinajstić information content (AvgIpc) is 2.39. The van der Waals surface area contributed by atoms with Crippen molar-refractivity contribution >= 4 is 5.91 Å². The molecule has 2 fully saturated rings. The number of carbonyl (C=O) groups is 1. The lowest BCUT2D eigenvalue weighted by Crippen LogP contribution is -2.48. The quantitative estimate of drug-likeness (QED) is 0.784. The van der Waals surface area contributed by atoms with Crippen LogP contribution >= 0.6 is 0 Å². The molecule has 3 nitrogen and oxygen atoms in total. The number of carbonyl (C=O) groups excluding carboxylic acids is 1. The zero-order chi connectivity index (χ0) is 13.8. The summed E-state index contributed by atoms with van der Waals surface area (Å²) in [6.07, 6.45) is 8.81. The van der Waals surface area contributed by atoms with Gasteiger partial charge in [-0.3, -0.25) is 9.69 Å². The number of likely N-dealkylation sites (N-methyl/N-ethyl adjacent to an activating group) is 1. The number of hydrogen-bond donors (Lipinski definition) is 0. The minimum absolute atomic E-state index is 0.341. The van der Waals surface area contributed by atoms with Crippen LogP contribution in [0.25, 0.3) is 0 Å². The first-order valence-corrected chi connectivity index (χ1v) is 8.07. The number of rotatable bonds is 3. The molecule has 19 heavy (non-hydrogen) atoms. The number of hydrogen-bond acceptors (Lipinski definition) is 2. The third-order valence-corrected chi connectivity index (χ3v) is 5.12. The molecule has 2 aliphatic rings. The molecular formula is C16H30N2O. The summed E-state index contributed by atoms with van der Waals surface area (Å²) in [6, 6.07) is 1.07. The monoisotopic (exact) mass is 266 g/mol. The van der Waals surface area contributed by atoms with Crippen LogP contribution in [0.1, 0.15) is 58.8 Å². The Kier molecular flexibility index (Phi) is 5.26. The van der Waals surface area contributed by atoms with E-state index in [1.807, 2.05) is 0 Å². The Labute approximate surface area is 118 Å².